The minimum atomic E-state index is 0.639. The van der Waals surface area contributed by atoms with Crippen LogP contribution in [0.2, 0.25) is 0 Å². The molecule has 0 saturated heterocycles. The number of nitrogens with zero attached hydrogens (tertiary/aromatic N) is 1. The van der Waals surface area contributed by atoms with Gasteiger partial charge in [-0.25, -0.2) is 0 Å². The number of hydrogen-bond donors (Lipinski definition) is 1. The van der Waals surface area contributed by atoms with E-state index in [-0.39, 0.29) is 0 Å². The highest BCUT2D eigenvalue weighted by atomic mass is 16.5. The highest BCUT2D eigenvalue weighted by Gasteiger charge is 2.04. The molecule has 0 saturated carbocycles. The van der Waals surface area contributed by atoms with Crippen molar-refractivity contribution in [3.05, 3.63) is 42.2 Å². The van der Waals surface area contributed by atoms with Crippen molar-refractivity contribution in [2.24, 2.45) is 0 Å². The summed E-state index contributed by atoms with van der Waals surface area (Å²) in [5, 5.41) is 3.94. The van der Waals surface area contributed by atoms with Crippen LogP contribution in [0, 0.1) is 0 Å². The van der Waals surface area contributed by atoms with Gasteiger partial charge in [0, 0.05) is 11.6 Å². The number of hydrogen-bond acceptors (Lipinski definition) is 2. The fourth-order valence-corrected chi connectivity index (χ4v) is 1.18. The quantitative estimate of drug-likeness (QED) is 0.742. The third-order valence-electron chi connectivity index (χ3n) is 1.87. The van der Waals surface area contributed by atoms with Crippen molar-refractivity contribution in [1.82, 2.24) is 5.16 Å². The van der Waals surface area contributed by atoms with Crippen LogP contribution in [-0.2, 0) is 6.54 Å². The highest BCUT2D eigenvalue weighted by Crippen LogP contribution is 2.17. The topological polar surface area (TPSA) is 53.7 Å². The van der Waals surface area contributed by atoms with Crippen LogP contribution in [0.3, 0.4) is 0 Å². The molecule has 0 bridgehead atoms. The van der Waals surface area contributed by atoms with Gasteiger partial charge in [0.25, 0.3) is 0 Å². The van der Waals surface area contributed by atoms with Gasteiger partial charge >= 0.3 is 0 Å². The standard InChI is InChI=1S/C10H10N2O/c11-7-9-6-10(12-13-9)8-4-2-1-3-5-8/h1-6H,7,11H2/p+1. The monoisotopic (exact) mass is 175 g/mol. The van der Waals surface area contributed by atoms with Crippen molar-refractivity contribution < 1.29 is 10.3 Å². The Kier molecular flexibility index (Phi) is 2.10. The summed E-state index contributed by atoms with van der Waals surface area (Å²) in [4.78, 5) is 0. The minimum Gasteiger partial charge on any atom is -0.355 e. The minimum absolute atomic E-state index is 0.639. The molecule has 0 spiro atoms. The number of benzene rings is 1. The van der Waals surface area contributed by atoms with E-state index in [1.807, 2.05) is 36.4 Å². The van der Waals surface area contributed by atoms with Gasteiger partial charge in [0.1, 0.15) is 12.2 Å². The summed E-state index contributed by atoms with van der Waals surface area (Å²) in [6.07, 6.45) is 0. The summed E-state index contributed by atoms with van der Waals surface area (Å²) in [7, 11) is 0. The van der Waals surface area contributed by atoms with Gasteiger partial charge in [0.15, 0.2) is 5.76 Å². The van der Waals surface area contributed by atoms with E-state index in [0.717, 1.165) is 17.0 Å². The summed E-state index contributed by atoms with van der Waals surface area (Å²) >= 11 is 0. The zero-order valence-electron chi connectivity index (χ0n) is 7.23. The fraction of sp³-hybridized carbons (Fsp3) is 0.100. The summed E-state index contributed by atoms with van der Waals surface area (Å²) < 4.78 is 5.06. The lowest BCUT2D eigenvalue weighted by molar-refractivity contribution is -0.390. The third kappa shape index (κ3) is 1.60. The first-order chi connectivity index (χ1) is 6.40. The largest absolute Gasteiger partial charge is 0.355 e. The van der Waals surface area contributed by atoms with Gasteiger partial charge in [-0.15, -0.1) is 0 Å². The van der Waals surface area contributed by atoms with E-state index in [1.54, 1.807) is 0 Å². The van der Waals surface area contributed by atoms with Crippen LogP contribution in [0.5, 0.6) is 0 Å². The lowest BCUT2D eigenvalue weighted by atomic mass is 10.1. The smallest absolute Gasteiger partial charge is 0.191 e. The Hall–Kier alpha value is -1.61. The predicted octanol–water partition coefficient (Wildman–Crippen LogP) is 1.08. The molecule has 2 rings (SSSR count). The van der Waals surface area contributed by atoms with Crippen molar-refractivity contribution in [1.29, 1.82) is 0 Å². The van der Waals surface area contributed by atoms with Crippen molar-refractivity contribution in [3.8, 4) is 11.3 Å². The van der Waals surface area contributed by atoms with E-state index in [9.17, 15) is 0 Å². The van der Waals surface area contributed by atoms with Crippen molar-refractivity contribution in [2.75, 3.05) is 0 Å². The second-order valence-corrected chi connectivity index (χ2v) is 2.79. The molecule has 0 aliphatic heterocycles. The molecule has 0 fully saturated rings. The van der Waals surface area contributed by atoms with Gasteiger partial charge in [-0.2, -0.15) is 0 Å². The first-order valence-corrected chi connectivity index (χ1v) is 4.20. The molecule has 2 aromatic rings. The number of aromatic nitrogens is 1. The first kappa shape index (κ1) is 8.01. The van der Waals surface area contributed by atoms with Crippen LogP contribution < -0.4 is 5.73 Å². The first-order valence-electron chi connectivity index (χ1n) is 4.20. The van der Waals surface area contributed by atoms with E-state index in [1.165, 1.54) is 0 Å². The number of quaternary nitrogens is 1. The van der Waals surface area contributed by atoms with Crippen LogP contribution in [0.1, 0.15) is 5.76 Å². The van der Waals surface area contributed by atoms with E-state index in [2.05, 4.69) is 10.9 Å². The van der Waals surface area contributed by atoms with Crippen molar-refractivity contribution in [2.45, 2.75) is 6.54 Å². The highest BCUT2D eigenvalue weighted by molar-refractivity contribution is 5.58. The summed E-state index contributed by atoms with van der Waals surface area (Å²) in [6, 6.07) is 11.9. The molecular weight excluding hydrogens is 164 g/mol. The van der Waals surface area contributed by atoms with Crippen LogP contribution >= 0.6 is 0 Å². The molecule has 13 heavy (non-hydrogen) atoms. The molecule has 1 heterocycles. The predicted molar refractivity (Wildman–Crippen MR) is 48.5 cm³/mol. The fourth-order valence-electron chi connectivity index (χ4n) is 1.18. The maximum absolute atomic E-state index is 5.06. The van der Waals surface area contributed by atoms with Gasteiger partial charge in [-0.1, -0.05) is 35.5 Å². The molecule has 0 aliphatic carbocycles. The van der Waals surface area contributed by atoms with Crippen LogP contribution in [0.4, 0.5) is 0 Å². The Labute approximate surface area is 76.2 Å². The van der Waals surface area contributed by atoms with Gasteiger partial charge < -0.3 is 10.3 Å². The molecule has 0 radical (unpaired) electrons. The second kappa shape index (κ2) is 3.41. The zero-order chi connectivity index (χ0) is 9.10. The molecule has 3 N–H and O–H groups in total. The van der Waals surface area contributed by atoms with E-state index in [4.69, 9.17) is 4.52 Å². The molecule has 3 heteroatoms. The summed E-state index contributed by atoms with van der Waals surface area (Å²) in [5.74, 6) is 0.818. The summed E-state index contributed by atoms with van der Waals surface area (Å²) in [6.45, 7) is 0.639. The van der Waals surface area contributed by atoms with Gasteiger partial charge in [0.2, 0.25) is 0 Å². The van der Waals surface area contributed by atoms with Gasteiger partial charge in [-0.05, 0) is 0 Å². The average molecular weight is 175 g/mol. The maximum atomic E-state index is 5.06. The van der Waals surface area contributed by atoms with Gasteiger partial charge in [0.05, 0.1) is 0 Å². The lowest BCUT2D eigenvalue weighted by Crippen LogP contribution is -2.47. The van der Waals surface area contributed by atoms with Gasteiger partial charge in [-0.3, -0.25) is 0 Å². The Morgan fingerprint density at radius 1 is 1.23 bits per heavy atom. The normalized spacial score (nSPS) is 10.2. The lowest BCUT2D eigenvalue weighted by Gasteiger charge is -1.90. The maximum Gasteiger partial charge on any atom is 0.191 e. The van der Waals surface area contributed by atoms with Crippen LogP contribution in [0.15, 0.2) is 40.9 Å². The van der Waals surface area contributed by atoms with Crippen LogP contribution in [-0.4, -0.2) is 5.16 Å². The molecule has 0 atom stereocenters. The molecule has 1 aromatic carbocycles. The molecule has 0 unspecified atom stereocenters. The second-order valence-electron chi connectivity index (χ2n) is 2.79. The molecular formula is C10H11N2O+. The third-order valence-corrected chi connectivity index (χ3v) is 1.87. The van der Waals surface area contributed by atoms with Crippen molar-refractivity contribution >= 4 is 0 Å². The molecule has 0 aliphatic rings. The Balaban J connectivity index is 2.36. The average Bonchev–Trinajstić information content (AvgIpc) is 2.67. The van der Waals surface area contributed by atoms with E-state index in [0.29, 0.717) is 6.54 Å². The van der Waals surface area contributed by atoms with Crippen LogP contribution in [0.25, 0.3) is 11.3 Å². The molecule has 3 nitrogen and oxygen atoms in total. The SMILES string of the molecule is [NH3+]Cc1cc(-c2ccccc2)no1. The van der Waals surface area contributed by atoms with E-state index < -0.39 is 0 Å². The molecule has 1 aromatic heterocycles. The summed E-state index contributed by atoms with van der Waals surface area (Å²) in [5.41, 5.74) is 5.68. The Morgan fingerprint density at radius 2 is 2.00 bits per heavy atom. The molecule has 0 amide bonds. The Bertz CT molecular complexity index is 381. The molecule has 66 valence electrons. The zero-order valence-corrected chi connectivity index (χ0v) is 7.23. The van der Waals surface area contributed by atoms with Crippen molar-refractivity contribution in [3.63, 3.8) is 0 Å². The van der Waals surface area contributed by atoms with E-state index >= 15 is 0 Å². The number of rotatable bonds is 2. The Morgan fingerprint density at radius 3 is 2.62 bits per heavy atom.